The van der Waals surface area contributed by atoms with Gasteiger partial charge in [-0.2, -0.15) is 22.0 Å². The van der Waals surface area contributed by atoms with E-state index in [0.29, 0.717) is 11.8 Å². The Bertz CT molecular complexity index is 278. The second kappa shape index (κ2) is 6.58. The molecule has 0 aliphatic rings. The number of halogens is 5. The molecule has 8 heteroatoms. The Labute approximate surface area is 106 Å². The van der Waals surface area contributed by atoms with Crippen molar-refractivity contribution in [3.63, 3.8) is 0 Å². The van der Waals surface area contributed by atoms with Crippen LogP contribution in [-0.2, 0) is 9.53 Å². The van der Waals surface area contributed by atoms with Crippen molar-refractivity contribution in [2.75, 3.05) is 5.75 Å². The van der Waals surface area contributed by atoms with Crippen molar-refractivity contribution >= 4 is 17.7 Å². The first-order chi connectivity index (χ1) is 7.97. The zero-order valence-electron chi connectivity index (χ0n) is 10.2. The lowest BCUT2D eigenvalue weighted by molar-refractivity contribution is -0.282. The highest BCUT2D eigenvalue weighted by atomic mass is 32.2. The molecule has 0 bridgehead atoms. The summed E-state index contributed by atoms with van der Waals surface area (Å²) >= 11 is 0.715. The first-order valence-electron chi connectivity index (χ1n) is 5.24. The lowest BCUT2D eigenvalue weighted by Crippen LogP contribution is -2.37. The summed E-state index contributed by atoms with van der Waals surface area (Å²) in [7, 11) is 0. The van der Waals surface area contributed by atoms with Crippen molar-refractivity contribution in [1.29, 1.82) is 0 Å². The molecule has 0 fully saturated rings. The Morgan fingerprint density at radius 2 is 1.67 bits per heavy atom. The molecule has 1 unspecified atom stereocenters. The SMILES string of the molecule is CC(C)OC(=O)C(C)SCCC(F)(F)C(F)(F)F. The van der Waals surface area contributed by atoms with E-state index in [1.807, 2.05) is 0 Å². The summed E-state index contributed by atoms with van der Waals surface area (Å²) in [4.78, 5) is 11.3. The van der Waals surface area contributed by atoms with Crippen LogP contribution in [0.25, 0.3) is 0 Å². The van der Waals surface area contributed by atoms with Crippen molar-refractivity contribution in [2.24, 2.45) is 0 Å². The molecule has 0 aromatic rings. The van der Waals surface area contributed by atoms with Gasteiger partial charge in [-0.1, -0.05) is 0 Å². The van der Waals surface area contributed by atoms with Crippen LogP contribution < -0.4 is 0 Å². The molecule has 18 heavy (non-hydrogen) atoms. The summed E-state index contributed by atoms with van der Waals surface area (Å²) in [5, 5.41) is -0.767. The summed E-state index contributed by atoms with van der Waals surface area (Å²) in [6, 6.07) is 0. The van der Waals surface area contributed by atoms with Gasteiger partial charge in [0.2, 0.25) is 0 Å². The Morgan fingerprint density at radius 3 is 2.06 bits per heavy atom. The molecule has 2 nitrogen and oxygen atoms in total. The molecule has 0 amide bonds. The lowest BCUT2D eigenvalue weighted by atomic mass is 10.2. The van der Waals surface area contributed by atoms with Gasteiger partial charge in [0, 0.05) is 12.2 Å². The van der Waals surface area contributed by atoms with Gasteiger partial charge in [-0.25, -0.2) is 0 Å². The van der Waals surface area contributed by atoms with Crippen LogP contribution in [0.4, 0.5) is 22.0 Å². The van der Waals surface area contributed by atoms with Gasteiger partial charge in [0.1, 0.15) is 0 Å². The number of hydrogen-bond donors (Lipinski definition) is 0. The van der Waals surface area contributed by atoms with Gasteiger partial charge in [-0.15, -0.1) is 11.8 Å². The molecule has 0 aromatic heterocycles. The molecule has 0 N–H and O–H groups in total. The summed E-state index contributed by atoms with van der Waals surface area (Å²) in [6.07, 6.45) is -7.24. The van der Waals surface area contributed by atoms with Crippen LogP contribution in [0.3, 0.4) is 0 Å². The number of ether oxygens (including phenoxy) is 1. The molecule has 1 atom stereocenters. The zero-order chi connectivity index (χ0) is 14.6. The van der Waals surface area contributed by atoms with E-state index in [-0.39, 0.29) is 6.10 Å². The van der Waals surface area contributed by atoms with Crippen LogP contribution in [-0.4, -0.2) is 35.2 Å². The van der Waals surface area contributed by atoms with Gasteiger partial charge < -0.3 is 4.74 Å². The fourth-order valence-electron chi connectivity index (χ4n) is 0.902. The Balaban J connectivity index is 4.09. The van der Waals surface area contributed by atoms with E-state index in [4.69, 9.17) is 4.74 Å². The standard InChI is InChI=1S/C10H15F5O2S/c1-6(2)17-8(16)7(3)18-5-4-9(11,12)10(13,14)15/h6-7H,4-5H2,1-3H3. The van der Waals surface area contributed by atoms with E-state index in [2.05, 4.69) is 0 Å². The predicted molar refractivity (Wildman–Crippen MR) is 58.8 cm³/mol. The van der Waals surface area contributed by atoms with Crippen molar-refractivity contribution < 1.29 is 31.5 Å². The third-order valence-electron chi connectivity index (χ3n) is 1.88. The Morgan fingerprint density at radius 1 is 1.17 bits per heavy atom. The maximum absolute atomic E-state index is 12.5. The van der Waals surface area contributed by atoms with Crippen LogP contribution in [0.2, 0.25) is 0 Å². The van der Waals surface area contributed by atoms with Gasteiger partial charge >= 0.3 is 18.1 Å². The molecule has 0 saturated heterocycles. The van der Waals surface area contributed by atoms with Gasteiger partial charge in [0.25, 0.3) is 0 Å². The minimum Gasteiger partial charge on any atom is -0.462 e. The number of hydrogen-bond acceptors (Lipinski definition) is 3. The average Bonchev–Trinajstić information content (AvgIpc) is 2.14. The van der Waals surface area contributed by atoms with Crippen LogP contribution >= 0.6 is 11.8 Å². The molecule has 0 spiro atoms. The highest BCUT2D eigenvalue weighted by molar-refractivity contribution is 8.00. The van der Waals surface area contributed by atoms with Crippen molar-refractivity contribution in [1.82, 2.24) is 0 Å². The highest BCUT2D eigenvalue weighted by Gasteiger charge is 2.56. The highest BCUT2D eigenvalue weighted by Crippen LogP contribution is 2.39. The number of esters is 1. The van der Waals surface area contributed by atoms with E-state index in [0.717, 1.165) is 0 Å². The number of alkyl halides is 5. The van der Waals surface area contributed by atoms with Crippen LogP contribution in [0.1, 0.15) is 27.2 Å². The van der Waals surface area contributed by atoms with E-state index >= 15 is 0 Å². The molecule has 0 radical (unpaired) electrons. The first kappa shape index (κ1) is 17.5. The topological polar surface area (TPSA) is 26.3 Å². The van der Waals surface area contributed by atoms with E-state index in [1.165, 1.54) is 6.92 Å². The quantitative estimate of drug-likeness (QED) is 0.552. The second-order valence-corrected chi connectivity index (χ2v) is 5.40. The van der Waals surface area contributed by atoms with Gasteiger partial charge in [0.15, 0.2) is 0 Å². The fraction of sp³-hybridized carbons (Fsp3) is 0.900. The largest absolute Gasteiger partial charge is 0.462 e. The summed E-state index contributed by atoms with van der Waals surface area (Å²) in [5.74, 6) is -5.81. The van der Waals surface area contributed by atoms with Crippen LogP contribution in [0, 0.1) is 0 Å². The van der Waals surface area contributed by atoms with Crippen LogP contribution in [0.15, 0.2) is 0 Å². The summed E-state index contributed by atoms with van der Waals surface area (Å²) in [5.41, 5.74) is 0. The summed E-state index contributed by atoms with van der Waals surface area (Å²) in [6.45, 7) is 4.64. The molecule has 0 aliphatic heterocycles. The molecule has 0 rings (SSSR count). The van der Waals surface area contributed by atoms with Gasteiger partial charge in [-0.3, -0.25) is 4.79 Å². The number of carbonyl (C=O) groups is 1. The number of rotatable bonds is 6. The third-order valence-corrected chi connectivity index (χ3v) is 3.01. The molecular weight excluding hydrogens is 279 g/mol. The number of carbonyl (C=O) groups excluding carboxylic acids is 1. The molecule has 0 aliphatic carbocycles. The third kappa shape index (κ3) is 5.88. The van der Waals surface area contributed by atoms with Gasteiger partial charge in [0.05, 0.1) is 11.4 Å². The normalized spacial score (nSPS) is 14.7. The smallest absolute Gasteiger partial charge is 0.453 e. The van der Waals surface area contributed by atoms with E-state index < -0.39 is 35.5 Å². The predicted octanol–water partition coefficient (Wildman–Crippen LogP) is 3.65. The maximum Gasteiger partial charge on any atom is 0.453 e. The van der Waals surface area contributed by atoms with Crippen molar-refractivity contribution in [3.8, 4) is 0 Å². The summed E-state index contributed by atoms with van der Waals surface area (Å²) < 4.78 is 65.4. The second-order valence-electron chi connectivity index (χ2n) is 3.95. The van der Waals surface area contributed by atoms with E-state index in [1.54, 1.807) is 13.8 Å². The average molecular weight is 294 g/mol. The maximum atomic E-state index is 12.5. The number of thioether (sulfide) groups is 1. The fourth-order valence-corrected chi connectivity index (χ4v) is 1.82. The van der Waals surface area contributed by atoms with E-state index in [9.17, 15) is 26.7 Å². The Hall–Kier alpha value is -0.530. The zero-order valence-corrected chi connectivity index (χ0v) is 11.0. The Kier molecular flexibility index (Phi) is 6.39. The minimum absolute atomic E-state index is 0.350. The first-order valence-corrected chi connectivity index (χ1v) is 6.29. The molecule has 0 saturated carbocycles. The molecule has 0 heterocycles. The molecule has 0 aromatic carbocycles. The van der Waals surface area contributed by atoms with Crippen molar-refractivity contribution in [2.45, 2.75) is 50.6 Å². The van der Waals surface area contributed by atoms with Crippen molar-refractivity contribution in [3.05, 3.63) is 0 Å². The monoisotopic (exact) mass is 294 g/mol. The minimum atomic E-state index is -5.55. The van der Waals surface area contributed by atoms with Crippen LogP contribution in [0.5, 0.6) is 0 Å². The van der Waals surface area contributed by atoms with Gasteiger partial charge in [-0.05, 0) is 20.8 Å². The lowest BCUT2D eigenvalue weighted by Gasteiger charge is -2.20. The molecular formula is C10H15F5O2S. The molecule has 108 valence electrons.